The van der Waals surface area contributed by atoms with Crippen molar-refractivity contribution in [2.24, 2.45) is 5.41 Å². The lowest BCUT2D eigenvalue weighted by atomic mass is 9.92. The molecule has 33 heavy (non-hydrogen) atoms. The SMILES string of the molecule is CC(COCC(COCC(C)OC#N)(COCC(C)OC#N)COCC(C)OC#N)OC#N. The summed E-state index contributed by atoms with van der Waals surface area (Å²) in [5, 5.41) is 34.6. The second-order valence-electron chi connectivity index (χ2n) is 7.64. The molecule has 0 bridgehead atoms. The smallest absolute Gasteiger partial charge is 0.286 e. The summed E-state index contributed by atoms with van der Waals surface area (Å²) in [5.74, 6) is 0. The molecule has 4 unspecified atom stereocenters. The van der Waals surface area contributed by atoms with E-state index in [4.69, 9.17) is 58.9 Å². The van der Waals surface area contributed by atoms with Crippen molar-refractivity contribution in [3.05, 3.63) is 0 Å². The average molecular weight is 469 g/mol. The van der Waals surface area contributed by atoms with Gasteiger partial charge in [-0.25, -0.2) is 0 Å². The van der Waals surface area contributed by atoms with E-state index in [0.717, 1.165) is 0 Å². The van der Waals surface area contributed by atoms with Crippen LogP contribution in [0, 0.1) is 51.5 Å². The van der Waals surface area contributed by atoms with E-state index in [1.165, 1.54) is 0 Å². The van der Waals surface area contributed by atoms with Gasteiger partial charge in [-0.1, -0.05) is 0 Å². The average Bonchev–Trinajstić information content (AvgIpc) is 2.74. The molecular weight excluding hydrogens is 436 g/mol. The summed E-state index contributed by atoms with van der Waals surface area (Å²) in [6, 6.07) is 0. The molecular formula is C21H32N4O8. The lowest BCUT2D eigenvalue weighted by molar-refractivity contribution is -0.128. The summed E-state index contributed by atoms with van der Waals surface area (Å²) in [5.41, 5.74) is -0.808. The van der Waals surface area contributed by atoms with Crippen molar-refractivity contribution in [2.75, 3.05) is 52.9 Å². The molecule has 0 radical (unpaired) electrons. The maximum atomic E-state index is 8.64. The first-order valence-electron chi connectivity index (χ1n) is 10.3. The molecule has 184 valence electrons. The Hall–Kier alpha value is -3.00. The predicted molar refractivity (Wildman–Crippen MR) is 110 cm³/mol. The second-order valence-corrected chi connectivity index (χ2v) is 7.64. The largest absolute Gasteiger partial charge is 0.422 e. The number of nitriles is 4. The molecule has 4 atom stereocenters. The van der Waals surface area contributed by atoms with Gasteiger partial charge in [-0.2, -0.15) is 21.0 Å². The zero-order valence-electron chi connectivity index (χ0n) is 19.5. The van der Waals surface area contributed by atoms with Gasteiger partial charge in [-0.15, -0.1) is 0 Å². The lowest BCUT2D eigenvalue weighted by Crippen LogP contribution is -2.43. The Balaban J connectivity index is 5.26. The number of nitrogens with zero attached hydrogens (tertiary/aromatic N) is 4. The predicted octanol–water partition coefficient (Wildman–Crippen LogP) is 1.58. The highest BCUT2D eigenvalue weighted by Gasteiger charge is 2.33. The molecule has 0 saturated carbocycles. The van der Waals surface area contributed by atoms with Gasteiger partial charge in [0.1, 0.15) is 24.4 Å². The molecule has 0 aliphatic heterocycles. The first-order valence-corrected chi connectivity index (χ1v) is 10.3. The number of hydrogen-bond acceptors (Lipinski definition) is 12. The maximum Gasteiger partial charge on any atom is 0.286 e. The van der Waals surface area contributed by atoms with E-state index in [-0.39, 0.29) is 52.9 Å². The highest BCUT2D eigenvalue weighted by atomic mass is 16.6. The number of hydrogen-bond donors (Lipinski definition) is 0. The topological polar surface area (TPSA) is 169 Å². The highest BCUT2D eigenvalue weighted by Crippen LogP contribution is 2.22. The number of rotatable bonds is 20. The van der Waals surface area contributed by atoms with E-state index in [1.807, 2.05) is 0 Å². The highest BCUT2D eigenvalue weighted by molar-refractivity contribution is 4.80. The molecule has 0 spiro atoms. The Kier molecular flexibility index (Phi) is 16.9. The zero-order chi connectivity index (χ0) is 25.0. The molecule has 0 N–H and O–H groups in total. The quantitative estimate of drug-likeness (QED) is 0.237. The molecule has 12 heteroatoms. The molecule has 0 rings (SSSR count). The van der Waals surface area contributed by atoms with Crippen LogP contribution in [-0.4, -0.2) is 77.3 Å². The monoisotopic (exact) mass is 468 g/mol. The van der Waals surface area contributed by atoms with Gasteiger partial charge < -0.3 is 37.9 Å². The van der Waals surface area contributed by atoms with Crippen molar-refractivity contribution in [2.45, 2.75) is 52.1 Å². The van der Waals surface area contributed by atoms with Crippen molar-refractivity contribution in [1.29, 1.82) is 21.0 Å². The third-order valence-electron chi connectivity index (χ3n) is 4.06. The third-order valence-corrected chi connectivity index (χ3v) is 4.06. The van der Waals surface area contributed by atoms with Crippen LogP contribution in [-0.2, 0) is 37.9 Å². The van der Waals surface area contributed by atoms with Gasteiger partial charge in [0.2, 0.25) is 0 Å². The Morgan fingerprint density at radius 3 is 0.879 bits per heavy atom. The van der Waals surface area contributed by atoms with Crippen LogP contribution in [0.25, 0.3) is 0 Å². The first-order chi connectivity index (χ1) is 15.8. The van der Waals surface area contributed by atoms with E-state index in [9.17, 15) is 0 Å². The van der Waals surface area contributed by atoms with Crippen molar-refractivity contribution < 1.29 is 37.9 Å². The molecule has 0 heterocycles. The Morgan fingerprint density at radius 2 is 0.697 bits per heavy atom. The number of ether oxygens (including phenoxy) is 8. The van der Waals surface area contributed by atoms with Crippen LogP contribution in [0.5, 0.6) is 0 Å². The van der Waals surface area contributed by atoms with E-state index >= 15 is 0 Å². The van der Waals surface area contributed by atoms with Gasteiger partial charge in [-0.3, -0.25) is 0 Å². The van der Waals surface area contributed by atoms with Gasteiger partial charge >= 0.3 is 0 Å². The Morgan fingerprint density at radius 1 is 0.485 bits per heavy atom. The fourth-order valence-electron chi connectivity index (χ4n) is 2.51. The van der Waals surface area contributed by atoms with Gasteiger partial charge in [0.15, 0.2) is 0 Å². The normalized spacial score (nSPS) is 15.8. The molecule has 0 fully saturated rings. The van der Waals surface area contributed by atoms with Crippen LogP contribution in [0.1, 0.15) is 27.7 Å². The van der Waals surface area contributed by atoms with Gasteiger partial charge in [0.05, 0.1) is 58.3 Å². The van der Waals surface area contributed by atoms with Gasteiger partial charge in [0, 0.05) is 0 Å². The molecule has 0 aromatic rings. The van der Waals surface area contributed by atoms with Crippen LogP contribution >= 0.6 is 0 Å². The van der Waals surface area contributed by atoms with Crippen molar-refractivity contribution in [3.63, 3.8) is 0 Å². The summed E-state index contributed by atoms with van der Waals surface area (Å²) in [6.07, 6.45) is 4.66. The fraction of sp³-hybridized carbons (Fsp3) is 0.810. The summed E-state index contributed by atoms with van der Waals surface area (Å²) in [7, 11) is 0. The van der Waals surface area contributed by atoms with E-state index in [1.54, 1.807) is 52.7 Å². The third kappa shape index (κ3) is 15.4. The summed E-state index contributed by atoms with van der Waals surface area (Å²) in [6.45, 7) is 7.84. The summed E-state index contributed by atoms with van der Waals surface area (Å²) < 4.78 is 42.3. The molecule has 0 aliphatic carbocycles. The Bertz CT molecular complexity index is 564. The molecule has 0 saturated heterocycles. The zero-order valence-corrected chi connectivity index (χ0v) is 19.5. The van der Waals surface area contributed by atoms with E-state index in [0.29, 0.717) is 0 Å². The standard InChI is InChI=1S/C21H32N4O8/c1-17(30-13-22)5-26-9-21(10-27-6-18(2)31-14-23,11-28-7-19(3)32-15-24)12-29-8-20(4)33-16-25/h17-20H,5-12H2,1-4H3. The van der Waals surface area contributed by atoms with Crippen LogP contribution in [0.4, 0.5) is 0 Å². The second kappa shape index (κ2) is 18.6. The molecule has 0 amide bonds. The molecule has 0 aromatic heterocycles. The van der Waals surface area contributed by atoms with E-state index < -0.39 is 29.8 Å². The van der Waals surface area contributed by atoms with Crippen molar-refractivity contribution in [3.8, 4) is 25.0 Å². The van der Waals surface area contributed by atoms with Crippen LogP contribution < -0.4 is 0 Å². The Labute approximate surface area is 195 Å². The summed E-state index contributed by atoms with van der Waals surface area (Å²) in [4.78, 5) is 0. The van der Waals surface area contributed by atoms with Gasteiger partial charge in [0.25, 0.3) is 25.0 Å². The molecule has 0 aliphatic rings. The minimum absolute atomic E-state index is 0.126. The minimum Gasteiger partial charge on any atom is -0.422 e. The summed E-state index contributed by atoms with van der Waals surface area (Å²) >= 11 is 0. The van der Waals surface area contributed by atoms with Gasteiger partial charge in [-0.05, 0) is 27.7 Å². The molecule has 12 nitrogen and oxygen atoms in total. The first kappa shape index (κ1) is 30.0. The minimum atomic E-state index is -0.808. The fourth-order valence-corrected chi connectivity index (χ4v) is 2.51. The van der Waals surface area contributed by atoms with E-state index in [2.05, 4.69) is 0 Å². The van der Waals surface area contributed by atoms with Crippen molar-refractivity contribution >= 4 is 0 Å². The van der Waals surface area contributed by atoms with Crippen LogP contribution in [0.2, 0.25) is 0 Å². The van der Waals surface area contributed by atoms with Crippen molar-refractivity contribution in [1.82, 2.24) is 0 Å². The molecule has 0 aromatic carbocycles. The van der Waals surface area contributed by atoms with Crippen LogP contribution in [0.3, 0.4) is 0 Å². The van der Waals surface area contributed by atoms with Crippen LogP contribution in [0.15, 0.2) is 0 Å². The lowest BCUT2D eigenvalue weighted by Gasteiger charge is -2.34. The maximum absolute atomic E-state index is 8.64.